The summed E-state index contributed by atoms with van der Waals surface area (Å²) in [5.41, 5.74) is -3.37. The van der Waals surface area contributed by atoms with E-state index in [0.29, 0.717) is 30.2 Å². The minimum atomic E-state index is -5.05. The van der Waals surface area contributed by atoms with Crippen LogP contribution < -0.4 is 10.1 Å². The second-order valence-electron chi connectivity index (χ2n) is 6.59. The SMILES string of the molecule is CCOc1ccccc1CNC(=O)c1cnn(-c2cccc(C(F)(F)F)c2)c1C(F)(F)F. The number of carbonyl (C=O) groups excluding carboxylic acids is 1. The summed E-state index contributed by atoms with van der Waals surface area (Å²) in [6.07, 6.45) is -9.14. The zero-order chi connectivity index (χ0) is 23.5. The van der Waals surface area contributed by atoms with Crippen LogP contribution in [0.15, 0.2) is 54.7 Å². The monoisotopic (exact) mass is 457 g/mol. The van der Waals surface area contributed by atoms with Gasteiger partial charge in [0.2, 0.25) is 0 Å². The third-order valence-electron chi connectivity index (χ3n) is 4.41. The fourth-order valence-corrected chi connectivity index (χ4v) is 3.01. The number of alkyl halides is 6. The summed E-state index contributed by atoms with van der Waals surface area (Å²) in [7, 11) is 0. The first-order valence-electron chi connectivity index (χ1n) is 9.34. The van der Waals surface area contributed by atoms with Crippen molar-refractivity contribution < 1.29 is 35.9 Å². The molecule has 170 valence electrons. The van der Waals surface area contributed by atoms with E-state index >= 15 is 0 Å². The average Bonchev–Trinajstić information content (AvgIpc) is 3.19. The van der Waals surface area contributed by atoms with Gasteiger partial charge < -0.3 is 10.1 Å². The van der Waals surface area contributed by atoms with Crippen molar-refractivity contribution in [3.63, 3.8) is 0 Å². The second kappa shape index (κ2) is 8.93. The van der Waals surface area contributed by atoms with Crippen LogP contribution in [0.5, 0.6) is 5.75 Å². The van der Waals surface area contributed by atoms with E-state index in [-0.39, 0.29) is 11.2 Å². The summed E-state index contributed by atoms with van der Waals surface area (Å²) in [5, 5.41) is 5.92. The van der Waals surface area contributed by atoms with Crippen LogP contribution >= 0.6 is 0 Å². The van der Waals surface area contributed by atoms with Crippen LogP contribution in [-0.4, -0.2) is 22.3 Å². The van der Waals surface area contributed by atoms with Gasteiger partial charge in [0.1, 0.15) is 5.75 Å². The topological polar surface area (TPSA) is 56.1 Å². The van der Waals surface area contributed by atoms with Gasteiger partial charge in [-0.3, -0.25) is 4.79 Å². The van der Waals surface area contributed by atoms with Crippen molar-refractivity contribution in [1.29, 1.82) is 0 Å². The molecule has 0 aliphatic carbocycles. The Kier molecular flexibility index (Phi) is 6.47. The van der Waals surface area contributed by atoms with E-state index < -0.39 is 40.8 Å². The van der Waals surface area contributed by atoms with Crippen molar-refractivity contribution in [3.8, 4) is 11.4 Å². The van der Waals surface area contributed by atoms with Crippen LogP contribution in [0.2, 0.25) is 0 Å². The first-order valence-corrected chi connectivity index (χ1v) is 9.34. The number of para-hydroxylation sites is 1. The number of halogens is 6. The lowest BCUT2D eigenvalue weighted by molar-refractivity contribution is -0.143. The number of benzene rings is 2. The Bertz CT molecular complexity index is 1110. The van der Waals surface area contributed by atoms with Crippen LogP contribution in [-0.2, 0) is 18.9 Å². The normalized spacial score (nSPS) is 12.0. The van der Waals surface area contributed by atoms with Crippen molar-refractivity contribution in [2.24, 2.45) is 0 Å². The maximum atomic E-state index is 13.8. The summed E-state index contributed by atoms with van der Waals surface area (Å²) in [6.45, 7) is 1.99. The average molecular weight is 457 g/mol. The van der Waals surface area contributed by atoms with Crippen molar-refractivity contribution in [3.05, 3.63) is 77.1 Å². The van der Waals surface area contributed by atoms with Crippen LogP contribution in [0.4, 0.5) is 26.3 Å². The molecule has 32 heavy (non-hydrogen) atoms. The molecule has 0 saturated carbocycles. The molecular formula is C21H17F6N3O2. The molecule has 0 spiro atoms. The van der Waals surface area contributed by atoms with Gasteiger partial charge in [-0.1, -0.05) is 24.3 Å². The molecule has 0 atom stereocenters. The van der Waals surface area contributed by atoms with Gasteiger partial charge in [-0.25, -0.2) is 4.68 Å². The number of aromatic nitrogens is 2. The predicted molar refractivity (Wildman–Crippen MR) is 102 cm³/mol. The number of rotatable bonds is 6. The van der Waals surface area contributed by atoms with E-state index in [4.69, 9.17) is 4.74 Å². The lowest BCUT2D eigenvalue weighted by Crippen LogP contribution is -2.26. The molecule has 0 unspecified atom stereocenters. The fraction of sp³-hybridized carbons (Fsp3) is 0.238. The highest BCUT2D eigenvalue weighted by Gasteiger charge is 2.41. The molecule has 3 aromatic rings. The van der Waals surface area contributed by atoms with Crippen LogP contribution in [0.1, 0.15) is 34.1 Å². The molecule has 2 aromatic carbocycles. The van der Waals surface area contributed by atoms with E-state index in [1.54, 1.807) is 31.2 Å². The molecule has 1 amide bonds. The number of ether oxygens (including phenoxy) is 1. The zero-order valence-electron chi connectivity index (χ0n) is 16.6. The summed E-state index contributed by atoms with van der Waals surface area (Å²) >= 11 is 0. The highest BCUT2D eigenvalue weighted by molar-refractivity contribution is 5.95. The van der Waals surface area contributed by atoms with E-state index in [1.165, 1.54) is 0 Å². The molecule has 0 radical (unpaired) electrons. The summed E-state index contributed by atoms with van der Waals surface area (Å²) in [6, 6.07) is 9.93. The zero-order valence-corrected chi connectivity index (χ0v) is 16.6. The number of hydrogen-bond acceptors (Lipinski definition) is 3. The van der Waals surface area contributed by atoms with Crippen LogP contribution in [0.3, 0.4) is 0 Å². The Morgan fingerprint density at radius 3 is 2.41 bits per heavy atom. The third-order valence-corrected chi connectivity index (χ3v) is 4.41. The maximum absolute atomic E-state index is 13.8. The smallest absolute Gasteiger partial charge is 0.434 e. The number of hydrogen-bond donors (Lipinski definition) is 1. The Hall–Kier alpha value is -3.50. The molecule has 0 bridgehead atoms. The predicted octanol–water partition coefficient (Wildman–Crippen LogP) is 5.24. The van der Waals surface area contributed by atoms with Gasteiger partial charge in [-0.05, 0) is 31.2 Å². The van der Waals surface area contributed by atoms with Gasteiger partial charge in [0, 0.05) is 12.1 Å². The van der Waals surface area contributed by atoms with Gasteiger partial charge >= 0.3 is 12.4 Å². The molecule has 5 nitrogen and oxygen atoms in total. The molecule has 0 aliphatic heterocycles. The van der Waals surface area contributed by atoms with Crippen molar-refractivity contribution in [1.82, 2.24) is 15.1 Å². The summed E-state index contributed by atoms with van der Waals surface area (Å²) in [4.78, 5) is 12.5. The Balaban J connectivity index is 1.94. The standard InChI is InChI=1S/C21H17F6N3O2/c1-2-32-17-9-4-3-6-13(17)11-28-19(31)16-12-29-30(18(16)21(25,26)27)15-8-5-7-14(10-15)20(22,23)24/h3-10,12H,2,11H2,1H3,(H,28,31). The fourth-order valence-electron chi connectivity index (χ4n) is 3.01. The van der Waals surface area contributed by atoms with Crippen molar-refractivity contribution in [2.45, 2.75) is 25.8 Å². The lowest BCUT2D eigenvalue weighted by Gasteiger charge is -2.15. The van der Waals surface area contributed by atoms with Gasteiger partial charge in [-0.2, -0.15) is 31.4 Å². The van der Waals surface area contributed by atoms with Gasteiger partial charge in [-0.15, -0.1) is 0 Å². The minimum Gasteiger partial charge on any atom is -0.494 e. The van der Waals surface area contributed by atoms with Crippen LogP contribution in [0, 0.1) is 0 Å². The minimum absolute atomic E-state index is 0.124. The molecular weight excluding hydrogens is 440 g/mol. The second-order valence-corrected chi connectivity index (χ2v) is 6.59. The molecule has 0 aliphatic rings. The van der Waals surface area contributed by atoms with Gasteiger partial charge in [0.15, 0.2) is 5.69 Å². The van der Waals surface area contributed by atoms with E-state index in [0.717, 1.165) is 18.2 Å². The highest BCUT2D eigenvalue weighted by Crippen LogP contribution is 2.35. The third kappa shape index (κ3) is 5.04. The Labute approximate surface area is 178 Å². The number of nitrogens with zero attached hydrogens (tertiary/aromatic N) is 2. The Morgan fingerprint density at radius 1 is 1.03 bits per heavy atom. The first-order chi connectivity index (χ1) is 15.0. The van der Waals surface area contributed by atoms with Crippen LogP contribution in [0.25, 0.3) is 5.69 Å². The van der Waals surface area contributed by atoms with E-state index in [9.17, 15) is 31.1 Å². The molecule has 0 fully saturated rings. The number of carbonyl (C=O) groups is 1. The maximum Gasteiger partial charge on any atom is 0.434 e. The van der Waals surface area contributed by atoms with E-state index in [2.05, 4.69) is 10.4 Å². The lowest BCUT2D eigenvalue weighted by atomic mass is 10.1. The molecule has 1 N–H and O–H groups in total. The molecule has 1 aromatic heterocycles. The van der Waals surface area contributed by atoms with E-state index in [1.807, 2.05) is 0 Å². The number of nitrogens with one attached hydrogen (secondary N) is 1. The molecule has 0 saturated heterocycles. The largest absolute Gasteiger partial charge is 0.494 e. The first kappa shape index (κ1) is 23.2. The summed E-state index contributed by atoms with van der Waals surface area (Å²) < 4.78 is 85.9. The molecule has 3 rings (SSSR count). The van der Waals surface area contributed by atoms with Crippen molar-refractivity contribution in [2.75, 3.05) is 6.61 Å². The highest BCUT2D eigenvalue weighted by atomic mass is 19.4. The Morgan fingerprint density at radius 2 is 1.75 bits per heavy atom. The van der Waals surface area contributed by atoms with Gasteiger partial charge in [0.25, 0.3) is 5.91 Å². The molecule has 1 heterocycles. The summed E-state index contributed by atoms with van der Waals surface area (Å²) in [5.74, 6) is -0.618. The van der Waals surface area contributed by atoms with Gasteiger partial charge in [0.05, 0.1) is 29.6 Å². The molecule has 11 heteroatoms. The number of amides is 1. The quantitative estimate of drug-likeness (QED) is 0.516. The van der Waals surface area contributed by atoms with Crippen molar-refractivity contribution >= 4 is 5.91 Å².